The summed E-state index contributed by atoms with van der Waals surface area (Å²) in [6, 6.07) is 10.3. The Morgan fingerprint density at radius 3 is 2.67 bits per heavy atom. The number of halogens is 1. The lowest BCUT2D eigenvalue weighted by Crippen LogP contribution is -2.27. The predicted molar refractivity (Wildman–Crippen MR) is 91.9 cm³/mol. The molecule has 0 fully saturated rings. The van der Waals surface area contributed by atoms with Crippen LogP contribution in [0.2, 0.25) is 0 Å². The lowest BCUT2D eigenvalue weighted by Gasteiger charge is -2.19. The fourth-order valence-electron chi connectivity index (χ4n) is 2.40. The number of fused-ring (bicyclic) bond motifs is 1. The van der Waals surface area contributed by atoms with E-state index in [-0.39, 0.29) is 18.2 Å². The van der Waals surface area contributed by atoms with Crippen molar-refractivity contribution in [1.82, 2.24) is 4.31 Å². The van der Waals surface area contributed by atoms with Gasteiger partial charge in [-0.2, -0.15) is 4.31 Å². The molecule has 0 radical (unpaired) electrons. The van der Waals surface area contributed by atoms with Gasteiger partial charge >= 0.3 is 0 Å². The molecule has 0 aliphatic carbocycles. The molecule has 1 aliphatic rings. The number of benzene rings is 2. The second-order valence-corrected chi connectivity index (χ2v) is 8.17. The van der Waals surface area contributed by atoms with E-state index in [2.05, 4.69) is 15.9 Å². The molecule has 0 saturated carbocycles. The summed E-state index contributed by atoms with van der Waals surface area (Å²) in [5.41, 5.74) is 0.805. The molecular weight excluding hydrogens is 398 g/mol. The highest BCUT2D eigenvalue weighted by atomic mass is 79.9. The fourth-order valence-corrected chi connectivity index (χ4v) is 4.25. The average molecular weight is 414 g/mol. The quantitative estimate of drug-likeness (QED) is 0.753. The smallest absolute Gasteiger partial charge is 0.246 e. The summed E-state index contributed by atoms with van der Waals surface area (Å²) >= 11 is 3.30. The fraction of sp³-hybridized carbons (Fsp3) is 0.250. The summed E-state index contributed by atoms with van der Waals surface area (Å²) in [6.45, 7) is 0.386. The Kier molecular flexibility index (Phi) is 4.71. The average Bonchev–Trinajstić information content (AvgIpc) is 3.02. The Bertz CT molecular complexity index is 869. The van der Waals surface area contributed by atoms with Crippen molar-refractivity contribution in [2.24, 2.45) is 0 Å². The molecule has 2 aromatic carbocycles. The number of nitrogens with zero attached hydrogens (tertiary/aromatic N) is 1. The third-order valence-corrected chi connectivity index (χ3v) is 5.97. The van der Waals surface area contributed by atoms with Crippen LogP contribution in [0.15, 0.2) is 45.8 Å². The SMILES string of the molecule is COc1ccc(Br)cc1S(=O)(=O)N(C)Cc1ccc2c(c1)OCO2. The number of hydrogen-bond donors (Lipinski definition) is 0. The Morgan fingerprint density at radius 2 is 1.92 bits per heavy atom. The van der Waals surface area contributed by atoms with E-state index in [0.717, 1.165) is 5.56 Å². The first-order valence-corrected chi connectivity index (χ1v) is 9.33. The largest absolute Gasteiger partial charge is 0.495 e. The van der Waals surface area contributed by atoms with Crippen molar-refractivity contribution in [1.29, 1.82) is 0 Å². The lowest BCUT2D eigenvalue weighted by atomic mass is 10.2. The molecule has 2 aromatic rings. The summed E-state index contributed by atoms with van der Waals surface area (Å²) < 4.78 is 43.5. The number of methoxy groups -OCH3 is 1. The van der Waals surface area contributed by atoms with Gasteiger partial charge in [-0.15, -0.1) is 0 Å². The first-order chi connectivity index (χ1) is 11.4. The highest BCUT2D eigenvalue weighted by molar-refractivity contribution is 9.10. The summed E-state index contributed by atoms with van der Waals surface area (Å²) in [5, 5.41) is 0. The lowest BCUT2D eigenvalue weighted by molar-refractivity contribution is 0.174. The van der Waals surface area contributed by atoms with Crippen LogP contribution in [0.1, 0.15) is 5.56 Å². The molecule has 128 valence electrons. The van der Waals surface area contributed by atoms with Gasteiger partial charge < -0.3 is 14.2 Å². The van der Waals surface area contributed by atoms with Crippen LogP contribution in [0.3, 0.4) is 0 Å². The third kappa shape index (κ3) is 3.22. The topological polar surface area (TPSA) is 65.1 Å². The van der Waals surface area contributed by atoms with Crippen molar-refractivity contribution in [2.45, 2.75) is 11.4 Å². The molecule has 0 unspecified atom stereocenters. The Balaban J connectivity index is 1.88. The van der Waals surface area contributed by atoms with Crippen LogP contribution in [0.4, 0.5) is 0 Å². The van der Waals surface area contributed by atoms with Gasteiger partial charge in [0.25, 0.3) is 0 Å². The molecule has 0 N–H and O–H groups in total. The third-order valence-electron chi connectivity index (χ3n) is 3.66. The molecule has 8 heteroatoms. The van der Waals surface area contributed by atoms with Crippen molar-refractivity contribution in [3.05, 3.63) is 46.4 Å². The number of hydrogen-bond acceptors (Lipinski definition) is 5. The summed E-state index contributed by atoms with van der Waals surface area (Å²) in [7, 11) is -0.738. The van der Waals surface area contributed by atoms with Crippen molar-refractivity contribution in [3.63, 3.8) is 0 Å². The minimum Gasteiger partial charge on any atom is -0.495 e. The van der Waals surface area contributed by atoms with Gasteiger partial charge in [-0.25, -0.2) is 8.42 Å². The van der Waals surface area contributed by atoms with E-state index in [9.17, 15) is 8.42 Å². The van der Waals surface area contributed by atoms with E-state index in [4.69, 9.17) is 14.2 Å². The van der Waals surface area contributed by atoms with Crippen LogP contribution in [-0.2, 0) is 16.6 Å². The summed E-state index contributed by atoms with van der Waals surface area (Å²) in [6.07, 6.45) is 0. The molecule has 24 heavy (non-hydrogen) atoms. The van der Waals surface area contributed by atoms with E-state index in [1.54, 1.807) is 24.3 Å². The maximum Gasteiger partial charge on any atom is 0.246 e. The molecule has 0 saturated heterocycles. The molecule has 3 rings (SSSR count). The van der Waals surface area contributed by atoms with Crippen LogP contribution in [0, 0.1) is 0 Å². The Hall–Kier alpha value is -1.77. The molecule has 0 bridgehead atoms. The molecule has 0 amide bonds. The molecule has 1 heterocycles. The zero-order valence-corrected chi connectivity index (χ0v) is 15.6. The zero-order valence-electron chi connectivity index (χ0n) is 13.2. The van der Waals surface area contributed by atoms with E-state index >= 15 is 0 Å². The second kappa shape index (κ2) is 6.62. The van der Waals surface area contributed by atoms with Gasteiger partial charge in [-0.3, -0.25) is 0 Å². The minimum absolute atomic E-state index is 0.114. The zero-order chi connectivity index (χ0) is 17.3. The predicted octanol–water partition coefficient (Wildman–Crippen LogP) is 3.01. The highest BCUT2D eigenvalue weighted by Gasteiger charge is 2.26. The molecule has 0 spiro atoms. The van der Waals surface area contributed by atoms with Crippen LogP contribution < -0.4 is 14.2 Å². The molecule has 0 atom stereocenters. The molecule has 1 aliphatic heterocycles. The maximum absolute atomic E-state index is 12.9. The van der Waals surface area contributed by atoms with Crippen molar-refractivity contribution < 1.29 is 22.6 Å². The van der Waals surface area contributed by atoms with E-state index in [0.29, 0.717) is 21.7 Å². The summed E-state index contributed by atoms with van der Waals surface area (Å²) in [4.78, 5) is 0.114. The van der Waals surface area contributed by atoms with E-state index in [1.807, 2.05) is 6.07 Å². The Labute approximate surface area is 149 Å². The first-order valence-electron chi connectivity index (χ1n) is 7.10. The van der Waals surface area contributed by atoms with Gasteiger partial charge in [0.1, 0.15) is 10.6 Å². The van der Waals surface area contributed by atoms with Crippen LogP contribution in [0.25, 0.3) is 0 Å². The van der Waals surface area contributed by atoms with Crippen molar-refractivity contribution in [2.75, 3.05) is 21.0 Å². The van der Waals surface area contributed by atoms with E-state index < -0.39 is 10.0 Å². The normalized spacial score (nSPS) is 13.3. The van der Waals surface area contributed by atoms with E-state index in [1.165, 1.54) is 24.5 Å². The van der Waals surface area contributed by atoms with Crippen LogP contribution in [0.5, 0.6) is 17.2 Å². The number of rotatable bonds is 5. The second-order valence-electron chi connectivity index (χ2n) is 5.24. The highest BCUT2D eigenvalue weighted by Crippen LogP contribution is 2.34. The molecule has 0 aromatic heterocycles. The maximum atomic E-state index is 12.9. The van der Waals surface area contributed by atoms with Gasteiger partial charge in [0.05, 0.1) is 7.11 Å². The standard InChI is InChI=1S/C16H16BrNO5S/c1-18(9-11-3-5-13-15(7-11)23-10-22-13)24(19,20)16-8-12(17)4-6-14(16)21-2/h3-8H,9-10H2,1-2H3. The van der Waals surface area contributed by atoms with Crippen LogP contribution >= 0.6 is 15.9 Å². The summed E-state index contributed by atoms with van der Waals surface area (Å²) in [5.74, 6) is 1.59. The molecular formula is C16H16BrNO5S. The number of ether oxygens (including phenoxy) is 3. The molecule has 6 nitrogen and oxygen atoms in total. The Morgan fingerprint density at radius 1 is 1.17 bits per heavy atom. The van der Waals surface area contributed by atoms with Crippen LogP contribution in [-0.4, -0.2) is 33.7 Å². The van der Waals surface area contributed by atoms with Gasteiger partial charge in [-0.05, 0) is 35.9 Å². The van der Waals surface area contributed by atoms with Crippen molar-refractivity contribution >= 4 is 26.0 Å². The first kappa shape index (κ1) is 17.1. The monoisotopic (exact) mass is 413 g/mol. The van der Waals surface area contributed by atoms with Gasteiger partial charge in [-0.1, -0.05) is 22.0 Å². The number of sulfonamides is 1. The van der Waals surface area contributed by atoms with Crippen molar-refractivity contribution in [3.8, 4) is 17.2 Å². The van der Waals surface area contributed by atoms with Gasteiger partial charge in [0.2, 0.25) is 16.8 Å². The van der Waals surface area contributed by atoms with Gasteiger partial charge in [0, 0.05) is 18.1 Å². The van der Waals surface area contributed by atoms with Gasteiger partial charge in [0.15, 0.2) is 11.5 Å². The minimum atomic E-state index is -3.71.